The van der Waals surface area contributed by atoms with Crippen molar-refractivity contribution in [2.75, 3.05) is 39.8 Å². The summed E-state index contributed by atoms with van der Waals surface area (Å²) in [5, 5.41) is 8.82. The number of hydrogen-bond acceptors (Lipinski definition) is 4. The Hall–Kier alpha value is -1.83. The standard InChI is InChI=1S/C12H22N4O4/c1-12(2)8-15(5-4-14(12)3)11(20)16(6-9(13)17)7-10(18)19/h4-8H2,1-3H3,(H2,13,17)(H,18,19). The van der Waals surface area contributed by atoms with Crippen LogP contribution >= 0.6 is 0 Å². The molecule has 8 nitrogen and oxygen atoms in total. The van der Waals surface area contributed by atoms with Crippen molar-refractivity contribution < 1.29 is 19.5 Å². The predicted molar refractivity (Wildman–Crippen MR) is 72.1 cm³/mol. The first-order valence-electron chi connectivity index (χ1n) is 6.38. The van der Waals surface area contributed by atoms with Crippen LogP contribution in [0.5, 0.6) is 0 Å². The summed E-state index contributed by atoms with van der Waals surface area (Å²) in [6.07, 6.45) is 0. The van der Waals surface area contributed by atoms with Gasteiger partial charge in [0.25, 0.3) is 0 Å². The van der Waals surface area contributed by atoms with Crippen molar-refractivity contribution in [3.63, 3.8) is 0 Å². The van der Waals surface area contributed by atoms with Crippen molar-refractivity contribution in [2.24, 2.45) is 5.73 Å². The molecular formula is C12H22N4O4. The fourth-order valence-corrected chi connectivity index (χ4v) is 2.15. The highest BCUT2D eigenvalue weighted by atomic mass is 16.4. The quantitative estimate of drug-likeness (QED) is 0.689. The number of carboxylic acids is 1. The summed E-state index contributed by atoms with van der Waals surface area (Å²) in [5.74, 6) is -1.90. The Kier molecular flexibility index (Phi) is 4.93. The Morgan fingerprint density at radius 3 is 2.30 bits per heavy atom. The Morgan fingerprint density at radius 1 is 1.25 bits per heavy atom. The van der Waals surface area contributed by atoms with Crippen LogP contribution in [0.15, 0.2) is 0 Å². The molecule has 0 radical (unpaired) electrons. The van der Waals surface area contributed by atoms with Gasteiger partial charge in [-0.1, -0.05) is 0 Å². The third kappa shape index (κ3) is 4.09. The highest BCUT2D eigenvalue weighted by Crippen LogP contribution is 2.19. The van der Waals surface area contributed by atoms with E-state index >= 15 is 0 Å². The largest absolute Gasteiger partial charge is 0.480 e. The number of likely N-dealkylation sites (N-methyl/N-ethyl adjacent to an activating group) is 1. The van der Waals surface area contributed by atoms with E-state index in [0.717, 1.165) is 4.90 Å². The molecule has 0 aromatic carbocycles. The number of carboxylic acid groups (broad SMARTS) is 1. The Labute approximate surface area is 118 Å². The van der Waals surface area contributed by atoms with Gasteiger partial charge in [0, 0.05) is 25.2 Å². The van der Waals surface area contributed by atoms with Gasteiger partial charge < -0.3 is 20.6 Å². The molecule has 3 amide bonds. The topological polar surface area (TPSA) is 107 Å². The van der Waals surface area contributed by atoms with E-state index in [-0.39, 0.29) is 5.54 Å². The number of piperazine rings is 1. The van der Waals surface area contributed by atoms with Gasteiger partial charge in [0.05, 0.1) is 0 Å². The van der Waals surface area contributed by atoms with Crippen LogP contribution in [0.25, 0.3) is 0 Å². The van der Waals surface area contributed by atoms with E-state index < -0.39 is 31.0 Å². The molecule has 1 rings (SSSR count). The maximum absolute atomic E-state index is 12.3. The summed E-state index contributed by atoms with van der Waals surface area (Å²) in [7, 11) is 1.97. The average Bonchev–Trinajstić information content (AvgIpc) is 2.29. The number of hydrogen-bond donors (Lipinski definition) is 2. The lowest BCUT2D eigenvalue weighted by molar-refractivity contribution is -0.138. The summed E-state index contributed by atoms with van der Waals surface area (Å²) >= 11 is 0. The lowest BCUT2D eigenvalue weighted by atomic mass is 10.00. The van der Waals surface area contributed by atoms with Crippen LogP contribution in [0.4, 0.5) is 4.79 Å². The van der Waals surface area contributed by atoms with E-state index in [1.165, 1.54) is 0 Å². The molecule has 8 heteroatoms. The number of nitrogens with zero attached hydrogens (tertiary/aromatic N) is 3. The van der Waals surface area contributed by atoms with Crippen molar-refractivity contribution in [1.82, 2.24) is 14.7 Å². The number of aliphatic carboxylic acids is 1. The van der Waals surface area contributed by atoms with Gasteiger partial charge >= 0.3 is 12.0 Å². The van der Waals surface area contributed by atoms with Gasteiger partial charge in [0.15, 0.2) is 0 Å². The first-order valence-corrected chi connectivity index (χ1v) is 6.38. The fourth-order valence-electron chi connectivity index (χ4n) is 2.15. The Bertz CT molecular complexity index is 394. The fraction of sp³-hybridized carbons (Fsp3) is 0.750. The van der Waals surface area contributed by atoms with Gasteiger partial charge in [-0.05, 0) is 20.9 Å². The van der Waals surface area contributed by atoms with E-state index in [1.54, 1.807) is 4.90 Å². The number of carbonyl (C=O) groups excluding carboxylic acids is 2. The molecule has 1 saturated heterocycles. The third-order valence-corrected chi connectivity index (χ3v) is 3.53. The molecule has 0 saturated carbocycles. The molecule has 114 valence electrons. The summed E-state index contributed by atoms with van der Waals surface area (Å²) in [6.45, 7) is 4.73. The van der Waals surface area contributed by atoms with E-state index in [1.807, 2.05) is 20.9 Å². The molecule has 1 fully saturated rings. The van der Waals surface area contributed by atoms with Crippen LogP contribution < -0.4 is 5.73 Å². The molecule has 0 aromatic rings. The zero-order chi connectivity index (χ0) is 15.5. The molecule has 3 N–H and O–H groups in total. The molecule has 0 bridgehead atoms. The Balaban J connectivity index is 2.79. The lowest BCUT2D eigenvalue weighted by Crippen LogP contribution is -2.61. The minimum absolute atomic E-state index is 0.199. The van der Waals surface area contributed by atoms with Gasteiger partial charge in [0.2, 0.25) is 5.91 Å². The van der Waals surface area contributed by atoms with E-state index in [9.17, 15) is 14.4 Å². The molecular weight excluding hydrogens is 264 g/mol. The van der Waals surface area contributed by atoms with Crippen molar-refractivity contribution in [2.45, 2.75) is 19.4 Å². The lowest BCUT2D eigenvalue weighted by Gasteiger charge is -2.46. The maximum atomic E-state index is 12.3. The normalized spacial score (nSPS) is 18.6. The minimum atomic E-state index is -1.17. The zero-order valence-corrected chi connectivity index (χ0v) is 12.1. The first kappa shape index (κ1) is 16.2. The first-order chi connectivity index (χ1) is 9.13. The number of rotatable bonds is 4. The number of nitrogens with two attached hydrogens (primary N) is 1. The molecule has 0 atom stereocenters. The number of carbonyl (C=O) groups is 3. The third-order valence-electron chi connectivity index (χ3n) is 3.53. The zero-order valence-electron chi connectivity index (χ0n) is 12.1. The van der Waals surface area contributed by atoms with Crippen LogP contribution in [0.2, 0.25) is 0 Å². The maximum Gasteiger partial charge on any atom is 0.323 e. The van der Waals surface area contributed by atoms with Gasteiger partial charge in [0.1, 0.15) is 13.1 Å². The number of urea groups is 1. The minimum Gasteiger partial charge on any atom is -0.480 e. The van der Waals surface area contributed by atoms with E-state index in [0.29, 0.717) is 19.6 Å². The second-order valence-electron chi connectivity index (χ2n) is 5.65. The van der Waals surface area contributed by atoms with Gasteiger partial charge in [-0.2, -0.15) is 0 Å². The highest BCUT2D eigenvalue weighted by molar-refractivity contribution is 5.86. The van der Waals surface area contributed by atoms with Crippen LogP contribution in [-0.2, 0) is 9.59 Å². The van der Waals surface area contributed by atoms with Gasteiger partial charge in [-0.25, -0.2) is 4.79 Å². The van der Waals surface area contributed by atoms with Gasteiger partial charge in [-0.15, -0.1) is 0 Å². The predicted octanol–water partition coefficient (Wildman–Crippen LogP) is -0.996. The van der Waals surface area contributed by atoms with Gasteiger partial charge in [-0.3, -0.25) is 14.5 Å². The summed E-state index contributed by atoms with van der Waals surface area (Å²) < 4.78 is 0. The smallest absolute Gasteiger partial charge is 0.323 e. The summed E-state index contributed by atoms with van der Waals surface area (Å²) in [4.78, 5) is 38.7. The van der Waals surface area contributed by atoms with Crippen LogP contribution in [0.1, 0.15) is 13.8 Å². The van der Waals surface area contributed by atoms with Crippen molar-refractivity contribution in [1.29, 1.82) is 0 Å². The van der Waals surface area contributed by atoms with E-state index in [4.69, 9.17) is 10.8 Å². The van der Waals surface area contributed by atoms with Crippen molar-refractivity contribution in [3.05, 3.63) is 0 Å². The highest BCUT2D eigenvalue weighted by Gasteiger charge is 2.35. The van der Waals surface area contributed by atoms with Crippen LogP contribution in [0, 0.1) is 0 Å². The van der Waals surface area contributed by atoms with Crippen molar-refractivity contribution >= 4 is 17.9 Å². The Morgan fingerprint density at radius 2 is 1.85 bits per heavy atom. The summed E-state index contributed by atoms with van der Waals surface area (Å²) in [5.41, 5.74) is 4.86. The second kappa shape index (κ2) is 6.08. The number of amides is 3. The molecule has 0 spiro atoms. The average molecular weight is 286 g/mol. The molecule has 1 heterocycles. The van der Waals surface area contributed by atoms with Crippen LogP contribution in [0.3, 0.4) is 0 Å². The van der Waals surface area contributed by atoms with E-state index in [2.05, 4.69) is 4.90 Å². The summed E-state index contributed by atoms with van der Waals surface area (Å²) in [6, 6.07) is -0.465. The monoisotopic (exact) mass is 286 g/mol. The molecule has 20 heavy (non-hydrogen) atoms. The molecule has 0 unspecified atom stereocenters. The number of primary amides is 1. The van der Waals surface area contributed by atoms with Crippen molar-refractivity contribution in [3.8, 4) is 0 Å². The SMILES string of the molecule is CN1CCN(C(=O)N(CC(N)=O)CC(=O)O)CC1(C)C. The second-order valence-corrected chi connectivity index (χ2v) is 5.65. The molecule has 0 aliphatic carbocycles. The molecule has 1 aliphatic heterocycles. The molecule has 1 aliphatic rings. The van der Waals surface area contributed by atoms with Crippen LogP contribution in [-0.4, -0.2) is 83.0 Å². The molecule has 0 aromatic heterocycles.